The first-order valence-electron chi connectivity index (χ1n) is 6.14. The van der Waals surface area contributed by atoms with Crippen LogP contribution in [0.3, 0.4) is 0 Å². The molecule has 1 aromatic heterocycles. The van der Waals surface area contributed by atoms with Crippen LogP contribution in [0.5, 0.6) is 5.75 Å². The minimum Gasteiger partial charge on any atom is -0.490 e. The summed E-state index contributed by atoms with van der Waals surface area (Å²) in [7, 11) is 0. The lowest BCUT2D eigenvalue weighted by Gasteiger charge is -2.32. The molecule has 17 heavy (non-hydrogen) atoms. The lowest BCUT2D eigenvalue weighted by Crippen LogP contribution is -2.41. The van der Waals surface area contributed by atoms with Gasteiger partial charge in [0.2, 0.25) is 5.91 Å². The Balaban J connectivity index is 1.82. The van der Waals surface area contributed by atoms with Crippen molar-refractivity contribution in [2.75, 3.05) is 13.1 Å². The maximum atomic E-state index is 11.5. The molecule has 0 bridgehead atoms. The van der Waals surface area contributed by atoms with Crippen LogP contribution in [0.25, 0.3) is 0 Å². The van der Waals surface area contributed by atoms with Crippen molar-refractivity contribution in [3.05, 3.63) is 24.5 Å². The first-order chi connectivity index (χ1) is 8.29. The normalized spacial score (nSPS) is 16.9. The van der Waals surface area contributed by atoms with E-state index in [0.29, 0.717) is 6.42 Å². The number of likely N-dealkylation sites (tertiary alicyclic amines) is 1. The number of carbonyl (C=O) groups is 1. The van der Waals surface area contributed by atoms with E-state index in [2.05, 4.69) is 4.98 Å². The standard InChI is InChI=1S/C13H18N2O2/c1-2-13(16)15-9-5-12(6-10-15)17-11-3-7-14-8-4-11/h3-4,7-8,12H,2,5-6,9-10H2,1H3. The second-order valence-corrected chi connectivity index (χ2v) is 4.23. The van der Waals surface area contributed by atoms with Crippen LogP contribution in [0.1, 0.15) is 26.2 Å². The van der Waals surface area contributed by atoms with Crippen LogP contribution < -0.4 is 4.74 Å². The Labute approximate surface area is 102 Å². The summed E-state index contributed by atoms with van der Waals surface area (Å²) in [5.74, 6) is 1.10. The molecule has 2 heterocycles. The molecule has 1 aromatic rings. The molecule has 1 aliphatic heterocycles. The van der Waals surface area contributed by atoms with Crippen molar-refractivity contribution in [2.45, 2.75) is 32.3 Å². The Morgan fingerprint density at radius 2 is 2.06 bits per heavy atom. The van der Waals surface area contributed by atoms with Gasteiger partial charge in [-0.2, -0.15) is 0 Å². The molecule has 1 fully saturated rings. The summed E-state index contributed by atoms with van der Waals surface area (Å²) in [5, 5.41) is 0. The average molecular weight is 234 g/mol. The number of amides is 1. The number of rotatable bonds is 3. The summed E-state index contributed by atoms with van der Waals surface area (Å²) in [5.41, 5.74) is 0. The van der Waals surface area contributed by atoms with Gasteiger partial charge in [-0.25, -0.2) is 0 Å². The van der Waals surface area contributed by atoms with Crippen molar-refractivity contribution in [3.8, 4) is 5.75 Å². The zero-order chi connectivity index (χ0) is 12.1. The van der Waals surface area contributed by atoms with Crippen molar-refractivity contribution in [1.29, 1.82) is 0 Å². The fourth-order valence-corrected chi connectivity index (χ4v) is 2.06. The van der Waals surface area contributed by atoms with Crippen LogP contribution in [0.2, 0.25) is 0 Å². The third kappa shape index (κ3) is 3.19. The van der Waals surface area contributed by atoms with Gasteiger partial charge in [-0.1, -0.05) is 6.92 Å². The van der Waals surface area contributed by atoms with E-state index < -0.39 is 0 Å². The van der Waals surface area contributed by atoms with Gasteiger partial charge in [-0.15, -0.1) is 0 Å². The third-order valence-corrected chi connectivity index (χ3v) is 3.05. The average Bonchev–Trinajstić information content (AvgIpc) is 2.40. The number of carbonyl (C=O) groups excluding carboxylic acids is 1. The lowest BCUT2D eigenvalue weighted by atomic mass is 10.1. The molecule has 4 heteroatoms. The van der Waals surface area contributed by atoms with E-state index in [1.165, 1.54) is 0 Å². The van der Waals surface area contributed by atoms with Crippen LogP contribution in [0.15, 0.2) is 24.5 Å². The lowest BCUT2D eigenvalue weighted by molar-refractivity contribution is -0.132. The van der Waals surface area contributed by atoms with Gasteiger partial charge in [-0.3, -0.25) is 9.78 Å². The monoisotopic (exact) mass is 234 g/mol. The Morgan fingerprint density at radius 1 is 1.41 bits per heavy atom. The molecule has 1 aliphatic rings. The van der Waals surface area contributed by atoms with E-state index in [1.54, 1.807) is 12.4 Å². The Hall–Kier alpha value is -1.58. The second kappa shape index (κ2) is 5.66. The summed E-state index contributed by atoms with van der Waals surface area (Å²) in [6, 6.07) is 3.73. The van der Waals surface area contributed by atoms with E-state index in [1.807, 2.05) is 24.0 Å². The molecule has 0 spiro atoms. The highest BCUT2D eigenvalue weighted by Gasteiger charge is 2.22. The van der Waals surface area contributed by atoms with E-state index in [4.69, 9.17) is 4.74 Å². The van der Waals surface area contributed by atoms with Crippen LogP contribution in [-0.4, -0.2) is 35.0 Å². The molecular formula is C13H18N2O2. The Kier molecular flexibility index (Phi) is 3.96. The van der Waals surface area contributed by atoms with Gasteiger partial charge in [0, 0.05) is 44.7 Å². The van der Waals surface area contributed by atoms with Gasteiger partial charge >= 0.3 is 0 Å². The second-order valence-electron chi connectivity index (χ2n) is 4.23. The molecule has 0 aromatic carbocycles. The quantitative estimate of drug-likeness (QED) is 0.801. The zero-order valence-corrected chi connectivity index (χ0v) is 10.1. The Morgan fingerprint density at radius 3 is 2.65 bits per heavy atom. The molecule has 0 N–H and O–H groups in total. The predicted molar refractivity (Wildman–Crippen MR) is 64.8 cm³/mol. The zero-order valence-electron chi connectivity index (χ0n) is 10.1. The van der Waals surface area contributed by atoms with E-state index in [9.17, 15) is 4.79 Å². The molecule has 1 amide bonds. The molecule has 92 valence electrons. The number of piperidine rings is 1. The Bertz CT molecular complexity index is 359. The molecular weight excluding hydrogens is 216 g/mol. The predicted octanol–water partition coefficient (Wildman–Crippen LogP) is 1.86. The number of hydrogen-bond donors (Lipinski definition) is 0. The van der Waals surface area contributed by atoms with Crippen LogP contribution >= 0.6 is 0 Å². The molecule has 0 aliphatic carbocycles. The van der Waals surface area contributed by atoms with Crippen LogP contribution in [0.4, 0.5) is 0 Å². The van der Waals surface area contributed by atoms with Gasteiger partial charge in [0.15, 0.2) is 0 Å². The van der Waals surface area contributed by atoms with Crippen molar-refractivity contribution >= 4 is 5.91 Å². The highest BCUT2D eigenvalue weighted by molar-refractivity contribution is 5.75. The molecule has 4 nitrogen and oxygen atoms in total. The van der Waals surface area contributed by atoms with Crippen molar-refractivity contribution in [1.82, 2.24) is 9.88 Å². The highest BCUT2D eigenvalue weighted by atomic mass is 16.5. The SMILES string of the molecule is CCC(=O)N1CCC(Oc2ccncc2)CC1. The summed E-state index contributed by atoms with van der Waals surface area (Å²) < 4.78 is 5.84. The number of nitrogens with zero attached hydrogens (tertiary/aromatic N) is 2. The van der Waals surface area contributed by atoms with E-state index >= 15 is 0 Å². The maximum absolute atomic E-state index is 11.5. The van der Waals surface area contributed by atoms with Gasteiger partial charge in [0.1, 0.15) is 11.9 Å². The van der Waals surface area contributed by atoms with Crippen LogP contribution in [-0.2, 0) is 4.79 Å². The summed E-state index contributed by atoms with van der Waals surface area (Å²) in [6.45, 7) is 3.52. The fraction of sp³-hybridized carbons (Fsp3) is 0.538. The van der Waals surface area contributed by atoms with E-state index in [-0.39, 0.29) is 12.0 Å². The van der Waals surface area contributed by atoms with Gasteiger partial charge in [0.05, 0.1) is 0 Å². The van der Waals surface area contributed by atoms with E-state index in [0.717, 1.165) is 31.7 Å². The van der Waals surface area contributed by atoms with Crippen molar-refractivity contribution in [2.24, 2.45) is 0 Å². The third-order valence-electron chi connectivity index (χ3n) is 3.05. The smallest absolute Gasteiger partial charge is 0.222 e. The number of ether oxygens (including phenoxy) is 1. The summed E-state index contributed by atoms with van der Waals surface area (Å²) >= 11 is 0. The fourth-order valence-electron chi connectivity index (χ4n) is 2.06. The largest absolute Gasteiger partial charge is 0.490 e. The number of pyridine rings is 1. The molecule has 0 unspecified atom stereocenters. The first kappa shape index (κ1) is 11.9. The van der Waals surface area contributed by atoms with Crippen molar-refractivity contribution in [3.63, 3.8) is 0 Å². The molecule has 1 saturated heterocycles. The summed E-state index contributed by atoms with van der Waals surface area (Å²) in [4.78, 5) is 17.4. The highest BCUT2D eigenvalue weighted by Crippen LogP contribution is 2.18. The molecule has 2 rings (SSSR count). The van der Waals surface area contributed by atoms with Gasteiger partial charge in [0.25, 0.3) is 0 Å². The maximum Gasteiger partial charge on any atom is 0.222 e. The molecule has 0 atom stereocenters. The molecule has 0 saturated carbocycles. The molecule has 0 radical (unpaired) electrons. The van der Waals surface area contributed by atoms with Gasteiger partial charge < -0.3 is 9.64 Å². The van der Waals surface area contributed by atoms with Crippen LogP contribution in [0, 0.1) is 0 Å². The topological polar surface area (TPSA) is 42.4 Å². The minimum absolute atomic E-state index is 0.221. The van der Waals surface area contributed by atoms with Gasteiger partial charge in [-0.05, 0) is 12.1 Å². The van der Waals surface area contributed by atoms with Crippen molar-refractivity contribution < 1.29 is 9.53 Å². The minimum atomic E-state index is 0.221. The number of aromatic nitrogens is 1. The summed E-state index contributed by atoms with van der Waals surface area (Å²) in [6.07, 6.45) is 6.09. The number of hydrogen-bond acceptors (Lipinski definition) is 3. The first-order valence-corrected chi connectivity index (χ1v) is 6.14.